The lowest BCUT2D eigenvalue weighted by Crippen LogP contribution is -2.58. The molecular weight excluding hydrogens is 1100 g/mol. The molecular formula is C76H98N4O8. The van der Waals surface area contributed by atoms with Gasteiger partial charge in [-0.1, -0.05) is 163 Å². The summed E-state index contributed by atoms with van der Waals surface area (Å²) in [6.45, 7) is 21.2. The standard InChI is InChI=1S/C38H50N2O4.C38H48N2O4/c2*1-36(2)32-15-13-28-30-14-16-34(41)38(30,4)19-17-31(28)37(32,3)20-18-33(36)40-44-22-21-39-35(42)43-23-29-26-11-7-5-9-24(26)25-10-6-8-12-27(25)29/h5-12,28-32,34,41H,13-23H2,1-4H3,(H,39,42);5-12,28-32H,13-23H2,1-4H3,(H,39,42)/b2*40-33+/t28-,30-,31-,32?,34-,37+,38-;28-,30-,31-,32-,37+,38-/m00/s1. The largest absolute Gasteiger partial charge is 0.449 e. The van der Waals surface area contributed by atoms with Crippen LogP contribution in [0.25, 0.3) is 22.3 Å². The van der Waals surface area contributed by atoms with Crippen LogP contribution in [0.15, 0.2) is 107 Å². The van der Waals surface area contributed by atoms with E-state index >= 15 is 0 Å². The number of aliphatic hydroxyl groups is 1. The third-order valence-corrected chi connectivity index (χ3v) is 26.4. The lowest BCUT2D eigenvalue weighted by atomic mass is 9.41. The van der Waals surface area contributed by atoms with Gasteiger partial charge in [-0.05, 0) is 204 Å². The second-order valence-corrected chi connectivity index (χ2v) is 30.8. The SMILES string of the molecule is CC1(C)/C(=N/OCCNC(=O)OCC2c3ccccc3-c3ccccc32)CC[C@@]2(C)C1CC[C@H]1[C@@H]3CC[C@H](O)[C@@]3(C)CC[C@@H]12.CC1(C)/C(=N/OCCNC(=O)OCC2c3ccccc3-c3ccccc32)CC[C@]2(C)[C@H]3CC[C@]4(C)C(=O)CC[C@H]4[C@@H]3CC[C@@H]12. The van der Waals surface area contributed by atoms with Crippen molar-refractivity contribution in [1.29, 1.82) is 0 Å². The molecule has 0 radical (unpaired) electrons. The Morgan fingerprint density at radius 3 is 1.34 bits per heavy atom. The highest BCUT2D eigenvalue weighted by atomic mass is 16.6. The monoisotopic (exact) mass is 1190 g/mol. The highest BCUT2D eigenvalue weighted by molar-refractivity contribution is 5.91. The van der Waals surface area contributed by atoms with Gasteiger partial charge in [-0.3, -0.25) is 4.79 Å². The van der Waals surface area contributed by atoms with E-state index in [1.165, 1.54) is 95.9 Å². The molecule has 1 unspecified atom stereocenters. The van der Waals surface area contributed by atoms with Crippen LogP contribution in [0.1, 0.15) is 192 Å². The molecule has 0 spiro atoms. The van der Waals surface area contributed by atoms with E-state index in [0.29, 0.717) is 86.2 Å². The van der Waals surface area contributed by atoms with Crippen molar-refractivity contribution in [1.82, 2.24) is 10.6 Å². The first-order valence-electron chi connectivity index (χ1n) is 34.1. The third-order valence-electron chi connectivity index (χ3n) is 26.4. The average molecular weight is 1200 g/mol. The number of rotatable bonds is 12. The topological polar surface area (TPSA) is 157 Å². The number of carbonyl (C=O) groups is 3. The van der Waals surface area contributed by atoms with Gasteiger partial charge in [0, 0.05) is 34.5 Å². The van der Waals surface area contributed by atoms with Crippen molar-refractivity contribution in [3.63, 3.8) is 0 Å². The molecule has 0 saturated heterocycles. The van der Waals surface area contributed by atoms with Crippen molar-refractivity contribution in [3.8, 4) is 22.3 Å². The average Bonchev–Trinajstić information content (AvgIpc) is 1.70. The van der Waals surface area contributed by atoms with Crippen LogP contribution in [-0.2, 0) is 23.9 Å². The fraction of sp³-hybridized carbons (Fsp3) is 0.618. The van der Waals surface area contributed by atoms with Gasteiger partial charge < -0.3 is 34.9 Å². The summed E-state index contributed by atoms with van der Waals surface area (Å²) in [6.07, 6.45) is 17.0. The summed E-state index contributed by atoms with van der Waals surface area (Å²) in [5.74, 6) is 5.92. The van der Waals surface area contributed by atoms with Gasteiger partial charge >= 0.3 is 12.2 Å². The smallest absolute Gasteiger partial charge is 0.407 e. The molecule has 12 nitrogen and oxygen atoms in total. The molecule has 88 heavy (non-hydrogen) atoms. The van der Waals surface area contributed by atoms with Gasteiger partial charge in [0.15, 0.2) is 0 Å². The first-order valence-corrected chi connectivity index (χ1v) is 34.1. The maximum atomic E-state index is 12.8. The maximum absolute atomic E-state index is 12.8. The van der Waals surface area contributed by atoms with Crippen LogP contribution in [0, 0.1) is 79.8 Å². The molecule has 0 aliphatic heterocycles. The molecule has 13 atom stereocenters. The quantitative estimate of drug-likeness (QED) is 0.0935. The summed E-state index contributed by atoms with van der Waals surface area (Å²) in [5.41, 5.74) is 12.6. The number of carbonyl (C=O) groups excluding carboxylic acids is 3. The van der Waals surface area contributed by atoms with E-state index in [9.17, 15) is 19.5 Å². The molecule has 4 aromatic rings. The van der Waals surface area contributed by atoms with Gasteiger partial charge in [0.25, 0.3) is 0 Å². The number of amides is 2. The predicted molar refractivity (Wildman–Crippen MR) is 346 cm³/mol. The molecule has 2 amide bonds. The molecule has 0 aromatic heterocycles. The number of ketones is 1. The number of nitrogens with zero attached hydrogens (tertiary/aromatic N) is 2. The molecule has 4 aromatic carbocycles. The zero-order valence-corrected chi connectivity index (χ0v) is 53.8. The lowest BCUT2D eigenvalue weighted by Gasteiger charge is -2.63. The van der Waals surface area contributed by atoms with Gasteiger partial charge in [0.1, 0.15) is 32.2 Å². The van der Waals surface area contributed by atoms with Gasteiger partial charge in [-0.15, -0.1) is 0 Å². The van der Waals surface area contributed by atoms with E-state index < -0.39 is 12.2 Å². The van der Waals surface area contributed by atoms with E-state index in [0.717, 1.165) is 74.6 Å². The number of alkyl carbamates (subject to hydrolysis) is 2. The summed E-state index contributed by atoms with van der Waals surface area (Å²) in [7, 11) is 0. The Balaban J connectivity index is 0.000000162. The molecule has 3 N–H and O–H groups in total. The Morgan fingerprint density at radius 1 is 0.477 bits per heavy atom. The van der Waals surface area contributed by atoms with Crippen LogP contribution in [0.4, 0.5) is 9.59 Å². The van der Waals surface area contributed by atoms with Gasteiger partial charge in [0.2, 0.25) is 0 Å². The van der Waals surface area contributed by atoms with Crippen molar-refractivity contribution in [2.75, 3.05) is 39.5 Å². The van der Waals surface area contributed by atoms with Crippen LogP contribution in [0.5, 0.6) is 0 Å². The zero-order chi connectivity index (χ0) is 61.4. The Bertz CT molecular complexity index is 3260. The summed E-state index contributed by atoms with van der Waals surface area (Å²) in [5, 5.41) is 25.9. The summed E-state index contributed by atoms with van der Waals surface area (Å²) < 4.78 is 11.3. The fourth-order valence-electron chi connectivity index (χ4n) is 21.8. The molecule has 470 valence electrons. The number of ether oxygens (including phenoxy) is 2. The number of oxime groups is 2. The summed E-state index contributed by atoms with van der Waals surface area (Å²) >= 11 is 0. The predicted octanol–water partition coefficient (Wildman–Crippen LogP) is 16.1. The molecule has 12 heteroatoms. The van der Waals surface area contributed by atoms with Crippen LogP contribution in [-0.4, -0.2) is 80.1 Å². The van der Waals surface area contributed by atoms with E-state index in [-0.39, 0.29) is 45.0 Å². The van der Waals surface area contributed by atoms with E-state index in [1.807, 2.05) is 24.3 Å². The maximum Gasteiger partial charge on any atom is 0.407 e. The third kappa shape index (κ3) is 10.3. The van der Waals surface area contributed by atoms with Crippen LogP contribution in [0.2, 0.25) is 0 Å². The minimum atomic E-state index is -0.429. The highest BCUT2D eigenvalue weighted by Gasteiger charge is 2.65. The highest BCUT2D eigenvalue weighted by Crippen LogP contribution is 2.70. The Morgan fingerprint density at radius 2 is 0.886 bits per heavy atom. The van der Waals surface area contributed by atoms with Crippen molar-refractivity contribution < 1.29 is 38.6 Å². The van der Waals surface area contributed by atoms with E-state index in [1.54, 1.807) is 0 Å². The van der Waals surface area contributed by atoms with Crippen molar-refractivity contribution in [2.45, 2.75) is 176 Å². The second kappa shape index (κ2) is 23.7. The van der Waals surface area contributed by atoms with E-state index in [4.69, 9.17) is 19.1 Å². The Kier molecular flexibility index (Phi) is 16.4. The molecule has 8 saturated carbocycles. The number of hydrogen-bond donors (Lipinski definition) is 3. The first-order chi connectivity index (χ1) is 42.3. The van der Waals surface area contributed by atoms with E-state index in [2.05, 4.69) is 149 Å². The first kappa shape index (κ1) is 60.9. The molecule has 0 bridgehead atoms. The normalized spacial score (nSPS) is 35.2. The summed E-state index contributed by atoms with van der Waals surface area (Å²) in [6, 6.07) is 33.4. The van der Waals surface area contributed by atoms with Crippen molar-refractivity contribution >= 4 is 29.4 Å². The molecule has 8 fully saturated rings. The Labute approximate surface area is 523 Å². The number of aliphatic hydroxyl groups excluding tert-OH is 1. The van der Waals surface area contributed by atoms with Gasteiger partial charge in [-0.25, -0.2) is 9.59 Å². The second-order valence-electron chi connectivity index (χ2n) is 30.8. The molecule has 10 aliphatic rings. The fourth-order valence-corrected chi connectivity index (χ4v) is 21.8. The van der Waals surface area contributed by atoms with Crippen molar-refractivity contribution in [2.24, 2.45) is 90.1 Å². The minimum Gasteiger partial charge on any atom is -0.449 e. The van der Waals surface area contributed by atoms with Crippen LogP contribution < -0.4 is 10.6 Å². The number of Topliss-reactive ketones (excluding diaryl/α,β-unsaturated/α-hetero) is 1. The molecule has 14 rings (SSSR count). The van der Waals surface area contributed by atoms with Gasteiger partial charge in [0.05, 0.1) is 30.6 Å². The number of benzene rings is 4. The number of hydrogen-bond acceptors (Lipinski definition) is 10. The van der Waals surface area contributed by atoms with Crippen molar-refractivity contribution in [3.05, 3.63) is 119 Å². The Hall–Kier alpha value is -6.01. The number of nitrogens with one attached hydrogen (secondary N) is 2. The zero-order valence-electron chi connectivity index (χ0n) is 53.8. The summed E-state index contributed by atoms with van der Waals surface area (Å²) in [4.78, 5) is 49.6. The molecule has 10 aliphatic carbocycles. The number of fused-ring (bicyclic) bond motifs is 16. The lowest BCUT2D eigenvalue weighted by molar-refractivity contribution is -0.141. The van der Waals surface area contributed by atoms with Crippen LogP contribution in [0.3, 0.4) is 0 Å². The van der Waals surface area contributed by atoms with Crippen LogP contribution >= 0.6 is 0 Å². The molecule has 0 heterocycles. The minimum absolute atomic E-state index is 0.0197. The van der Waals surface area contributed by atoms with Gasteiger partial charge in [-0.2, -0.15) is 0 Å².